The zero-order chi connectivity index (χ0) is 11.8. The molecule has 3 aromatic rings. The van der Waals surface area contributed by atoms with Gasteiger partial charge in [-0.3, -0.25) is 14.3 Å². The Hall–Kier alpha value is -2.36. The molecule has 0 saturated carbocycles. The van der Waals surface area contributed by atoms with Gasteiger partial charge in [-0.1, -0.05) is 0 Å². The predicted molar refractivity (Wildman–Crippen MR) is 64.3 cm³/mol. The van der Waals surface area contributed by atoms with Crippen LogP contribution >= 0.6 is 0 Å². The molecule has 4 nitrogen and oxygen atoms in total. The van der Waals surface area contributed by atoms with Crippen molar-refractivity contribution in [1.82, 2.24) is 9.55 Å². The average Bonchev–Trinajstić information content (AvgIpc) is 2.80. The van der Waals surface area contributed by atoms with E-state index in [0.717, 1.165) is 16.8 Å². The van der Waals surface area contributed by atoms with Crippen molar-refractivity contribution in [3.63, 3.8) is 0 Å². The summed E-state index contributed by atoms with van der Waals surface area (Å²) in [6.45, 7) is 1.91. The molecule has 0 N–H and O–H groups in total. The molecule has 0 unspecified atom stereocenters. The number of fused-ring (bicyclic) bond motifs is 1. The number of aromatic nitrogens is 2. The van der Waals surface area contributed by atoms with Crippen molar-refractivity contribution in [3.05, 3.63) is 59.0 Å². The van der Waals surface area contributed by atoms with Gasteiger partial charge < -0.3 is 4.42 Å². The fourth-order valence-electron chi connectivity index (χ4n) is 1.76. The molecule has 0 radical (unpaired) electrons. The van der Waals surface area contributed by atoms with E-state index in [1.54, 1.807) is 18.5 Å². The second-order valence-electron chi connectivity index (χ2n) is 3.85. The van der Waals surface area contributed by atoms with Crippen LogP contribution in [-0.2, 0) is 0 Å². The van der Waals surface area contributed by atoms with Gasteiger partial charge in [0.15, 0.2) is 5.58 Å². The molecule has 3 rings (SSSR count). The second-order valence-corrected chi connectivity index (χ2v) is 3.85. The second kappa shape index (κ2) is 3.59. The number of hydrogen-bond acceptors (Lipinski definition) is 3. The maximum atomic E-state index is 12.1. The average molecular weight is 226 g/mol. The maximum Gasteiger partial charge on any atom is 0.298 e. The molecule has 3 aromatic heterocycles. The van der Waals surface area contributed by atoms with E-state index in [9.17, 15) is 4.79 Å². The van der Waals surface area contributed by atoms with Gasteiger partial charge in [-0.25, -0.2) is 0 Å². The molecular formula is C13H10N2O2. The molecule has 0 saturated heterocycles. The highest BCUT2D eigenvalue weighted by Crippen LogP contribution is 2.12. The van der Waals surface area contributed by atoms with E-state index in [2.05, 4.69) is 4.98 Å². The van der Waals surface area contributed by atoms with E-state index in [0.29, 0.717) is 5.58 Å². The van der Waals surface area contributed by atoms with Crippen molar-refractivity contribution >= 4 is 11.0 Å². The quantitative estimate of drug-likeness (QED) is 0.639. The largest absolute Gasteiger partial charge is 0.459 e. The zero-order valence-corrected chi connectivity index (χ0v) is 9.25. The van der Waals surface area contributed by atoms with Gasteiger partial charge in [0, 0.05) is 17.3 Å². The zero-order valence-electron chi connectivity index (χ0n) is 9.25. The Labute approximate surface area is 97.1 Å². The lowest BCUT2D eigenvalue weighted by Gasteiger charge is -2.04. The van der Waals surface area contributed by atoms with Crippen molar-refractivity contribution in [2.75, 3.05) is 0 Å². The molecule has 4 heteroatoms. The molecule has 0 bridgehead atoms. The van der Waals surface area contributed by atoms with E-state index < -0.39 is 0 Å². The van der Waals surface area contributed by atoms with E-state index in [1.165, 1.54) is 10.8 Å². The normalized spacial score (nSPS) is 10.9. The van der Waals surface area contributed by atoms with Gasteiger partial charge in [-0.15, -0.1) is 0 Å². The highest BCUT2D eigenvalue weighted by atomic mass is 16.3. The van der Waals surface area contributed by atoms with Gasteiger partial charge in [0.2, 0.25) is 0 Å². The maximum absolute atomic E-state index is 12.1. The molecule has 0 amide bonds. The van der Waals surface area contributed by atoms with Crippen molar-refractivity contribution in [1.29, 1.82) is 0 Å². The first-order chi connectivity index (χ1) is 8.25. The smallest absolute Gasteiger partial charge is 0.298 e. The summed E-state index contributed by atoms with van der Waals surface area (Å²) in [6, 6.07) is 7.35. The molecule has 0 fully saturated rings. The Morgan fingerprint density at radius 3 is 2.88 bits per heavy atom. The minimum absolute atomic E-state index is 0.168. The number of aryl methyl sites for hydroxylation is 1. The fourth-order valence-corrected chi connectivity index (χ4v) is 1.76. The molecule has 0 spiro atoms. The number of rotatable bonds is 1. The van der Waals surface area contributed by atoms with Gasteiger partial charge in [0.25, 0.3) is 5.56 Å². The van der Waals surface area contributed by atoms with E-state index >= 15 is 0 Å². The minimum atomic E-state index is -0.168. The van der Waals surface area contributed by atoms with Crippen molar-refractivity contribution < 1.29 is 4.42 Å². The van der Waals surface area contributed by atoms with Crippen LogP contribution < -0.4 is 5.56 Å². The van der Waals surface area contributed by atoms with Crippen LogP contribution in [0.3, 0.4) is 0 Å². The first kappa shape index (κ1) is 9.84. The third-order valence-electron chi connectivity index (χ3n) is 2.69. The fraction of sp³-hybridized carbons (Fsp3) is 0.0769. The third kappa shape index (κ3) is 1.54. The topological polar surface area (TPSA) is 48.0 Å². The standard InChI is InChI=1S/C13H10N2O2/c1-9-2-3-11(8-14-9)15-6-4-10-5-7-17-12(10)13(15)16/h2-8H,1H3. The number of furan rings is 1. The molecule has 0 aliphatic carbocycles. The van der Waals surface area contributed by atoms with Crippen LogP contribution in [0, 0.1) is 6.92 Å². The summed E-state index contributed by atoms with van der Waals surface area (Å²) in [5, 5.41) is 0.811. The monoisotopic (exact) mass is 226 g/mol. The minimum Gasteiger partial charge on any atom is -0.459 e. The van der Waals surface area contributed by atoms with Gasteiger partial charge in [-0.2, -0.15) is 0 Å². The highest BCUT2D eigenvalue weighted by molar-refractivity contribution is 5.75. The lowest BCUT2D eigenvalue weighted by molar-refractivity contribution is 0.608. The summed E-state index contributed by atoms with van der Waals surface area (Å²) in [5.41, 5.74) is 1.85. The molecule has 0 aromatic carbocycles. The lowest BCUT2D eigenvalue weighted by atomic mass is 10.3. The Morgan fingerprint density at radius 1 is 1.24 bits per heavy atom. The van der Waals surface area contributed by atoms with Crippen LogP contribution in [0.25, 0.3) is 16.7 Å². The van der Waals surface area contributed by atoms with Crippen LogP contribution in [0.15, 0.2) is 52.1 Å². The molecule has 0 aliphatic heterocycles. The number of nitrogens with zero attached hydrogens (tertiary/aromatic N) is 2. The Morgan fingerprint density at radius 2 is 2.12 bits per heavy atom. The molecule has 84 valence electrons. The van der Waals surface area contributed by atoms with Crippen LogP contribution in [0.2, 0.25) is 0 Å². The van der Waals surface area contributed by atoms with Gasteiger partial charge in [0.1, 0.15) is 0 Å². The number of pyridine rings is 2. The summed E-state index contributed by atoms with van der Waals surface area (Å²) in [5.74, 6) is 0. The molecule has 0 atom stereocenters. The van der Waals surface area contributed by atoms with Gasteiger partial charge in [-0.05, 0) is 31.2 Å². The summed E-state index contributed by atoms with van der Waals surface area (Å²) in [7, 11) is 0. The Bertz CT molecular complexity index is 723. The van der Waals surface area contributed by atoms with E-state index in [1.807, 2.05) is 25.1 Å². The lowest BCUT2D eigenvalue weighted by Crippen LogP contribution is -2.17. The van der Waals surface area contributed by atoms with E-state index in [4.69, 9.17) is 4.42 Å². The van der Waals surface area contributed by atoms with Crippen molar-refractivity contribution in [2.45, 2.75) is 6.92 Å². The predicted octanol–water partition coefficient (Wildman–Crippen LogP) is 2.29. The SMILES string of the molecule is Cc1ccc(-n2ccc3ccoc3c2=O)cn1. The van der Waals surface area contributed by atoms with Crippen LogP contribution in [0.1, 0.15) is 5.69 Å². The van der Waals surface area contributed by atoms with Gasteiger partial charge >= 0.3 is 0 Å². The highest BCUT2D eigenvalue weighted by Gasteiger charge is 2.06. The molecule has 0 aliphatic rings. The molecular weight excluding hydrogens is 216 g/mol. The first-order valence-corrected chi connectivity index (χ1v) is 5.27. The molecule has 3 heterocycles. The van der Waals surface area contributed by atoms with Crippen LogP contribution in [-0.4, -0.2) is 9.55 Å². The van der Waals surface area contributed by atoms with Crippen molar-refractivity contribution in [3.8, 4) is 5.69 Å². The summed E-state index contributed by atoms with van der Waals surface area (Å²) < 4.78 is 6.71. The number of hydrogen-bond donors (Lipinski definition) is 0. The van der Waals surface area contributed by atoms with E-state index in [-0.39, 0.29) is 5.56 Å². The summed E-state index contributed by atoms with van der Waals surface area (Å²) >= 11 is 0. The van der Waals surface area contributed by atoms with Crippen LogP contribution in [0.4, 0.5) is 0 Å². The van der Waals surface area contributed by atoms with Gasteiger partial charge in [0.05, 0.1) is 18.1 Å². The summed E-state index contributed by atoms with van der Waals surface area (Å²) in [4.78, 5) is 16.3. The van der Waals surface area contributed by atoms with Crippen molar-refractivity contribution in [2.24, 2.45) is 0 Å². The third-order valence-corrected chi connectivity index (χ3v) is 2.69. The molecule has 17 heavy (non-hydrogen) atoms. The van der Waals surface area contributed by atoms with Crippen LogP contribution in [0.5, 0.6) is 0 Å². The Balaban J connectivity index is 2.27. The summed E-state index contributed by atoms with van der Waals surface area (Å²) in [6.07, 6.45) is 4.92. The first-order valence-electron chi connectivity index (χ1n) is 5.27. The Kier molecular flexibility index (Phi) is 2.08.